The summed E-state index contributed by atoms with van der Waals surface area (Å²) in [6.07, 6.45) is 6.01. The lowest BCUT2D eigenvalue weighted by Crippen LogP contribution is -1.74. The van der Waals surface area contributed by atoms with E-state index in [1.165, 1.54) is 10.9 Å². The number of alkyl halides is 1. The van der Waals surface area contributed by atoms with Gasteiger partial charge in [0.2, 0.25) is 0 Å². The average Bonchev–Trinajstić information content (AvgIpc) is 2.62. The largest absolute Gasteiger partial charge is 0.278 e. The lowest BCUT2D eigenvalue weighted by Gasteiger charge is -1.94. The molecular formula is C10H9BrN2. The number of halogens is 1. The zero-order valence-corrected chi connectivity index (χ0v) is 8.58. The van der Waals surface area contributed by atoms with Crippen LogP contribution in [0.3, 0.4) is 0 Å². The van der Waals surface area contributed by atoms with E-state index in [1.54, 1.807) is 0 Å². The van der Waals surface area contributed by atoms with Crippen molar-refractivity contribution in [3.63, 3.8) is 0 Å². The van der Waals surface area contributed by atoms with Crippen LogP contribution in [0.2, 0.25) is 0 Å². The summed E-state index contributed by atoms with van der Waals surface area (Å²) in [6, 6.07) is 6.12. The Kier molecular flexibility index (Phi) is 2.45. The monoisotopic (exact) mass is 236 g/mol. The maximum atomic E-state index is 4.00. The molecule has 0 atom stereocenters. The van der Waals surface area contributed by atoms with Crippen LogP contribution < -0.4 is 0 Å². The molecule has 1 N–H and O–H groups in total. The summed E-state index contributed by atoms with van der Waals surface area (Å²) < 4.78 is 0. The highest BCUT2D eigenvalue weighted by atomic mass is 79.9. The highest BCUT2D eigenvalue weighted by Crippen LogP contribution is 2.17. The first-order valence-corrected chi connectivity index (χ1v) is 5.18. The summed E-state index contributed by atoms with van der Waals surface area (Å²) in [5, 5.41) is 8.98. The second kappa shape index (κ2) is 3.75. The zero-order chi connectivity index (χ0) is 9.10. The highest BCUT2D eigenvalue weighted by Gasteiger charge is 1.97. The van der Waals surface area contributed by atoms with Crippen molar-refractivity contribution in [2.24, 2.45) is 0 Å². The Morgan fingerprint density at radius 3 is 3.23 bits per heavy atom. The molecule has 13 heavy (non-hydrogen) atoms. The number of aromatic amines is 1. The third kappa shape index (κ3) is 1.65. The van der Waals surface area contributed by atoms with Crippen molar-refractivity contribution in [2.75, 3.05) is 5.33 Å². The van der Waals surface area contributed by atoms with Crippen molar-refractivity contribution in [3.05, 3.63) is 36.0 Å². The number of rotatable bonds is 2. The van der Waals surface area contributed by atoms with Gasteiger partial charge in [0.1, 0.15) is 0 Å². The molecule has 0 bridgehead atoms. The van der Waals surface area contributed by atoms with Gasteiger partial charge in [0.05, 0.1) is 11.7 Å². The van der Waals surface area contributed by atoms with E-state index in [9.17, 15) is 0 Å². The number of aromatic nitrogens is 2. The Bertz CT molecular complexity index is 431. The third-order valence-corrected chi connectivity index (χ3v) is 2.28. The Morgan fingerprint density at radius 2 is 2.38 bits per heavy atom. The number of H-pyrrole nitrogens is 1. The second-order valence-corrected chi connectivity index (χ2v) is 3.38. The summed E-state index contributed by atoms with van der Waals surface area (Å²) in [5.41, 5.74) is 2.28. The number of nitrogens with one attached hydrogen (secondary N) is 1. The van der Waals surface area contributed by atoms with Gasteiger partial charge < -0.3 is 0 Å². The van der Waals surface area contributed by atoms with Crippen LogP contribution in [-0.4, -0.2) is 15.5 Å². The van der Waals surface area contributed by atoms with E-state index in [-0.39, 0.29) is 0 Å². The molecule has 3 heteroatoms. The molecule has 0 aliphatic carbocycles. The molecule has 0 aliphatic heterocycles. The Morgan fingerprint density at radius 1 is 1.46 bits per heavy atom. The first kappa shape index (κ1) is 8.51. The minimum atomic E-state index is 0.876. The normalized spacial score (nSPS) is 11.5. The van der Waals surface area contributed by atoms with Gasteiger partial charge in [-0.3, -0.25) is 5.10 Å². The lowest BCUT2D eigenvalue weighted by atomic mass is 10.1. The standard InChI is InChI=1S/C10H9BrN2/c11-6-2-4-8-3-1-5-10-9(8)7-12-13-10/h1-5,7H,6H2,(H,12,13). The van der Waals surface area contributed by atoms with Gasteiger partial charge in [0.25, 0.3) is 0 Å². The number of hydrogen-bond acceptors (Lipinski definition) is 1. The van der Waals surface area contributed by atoms with E-state index < -0.39 is 0 Å². The quantitative estimate of drug-likeness (QED) is 0.799. The van der Waals surface area contributed by atoms with Crippen molar-refractivity contribution in [3.8, 4) is 0 Å². The number of hydrogen-bond donors (Lipinski definition) is 1. The molecule has 0 radical (unpaired) electrons. The molecule has 66 valence electrons. The van der Waals surface area contributed by atoms with Crippen molar-refractivity contribution in [1.82, 2.24) is 10.2 Å². The Hall–Kier alpha value is -1.09. The molecule has 2 aromatic rings. The number of fused-ring (bicyclic) bond motifs is 1. The van der Waals surface area contributed by atoms with E-state index in [0.29, 0.717) is 0 Å². The Labute approximate surface area is 84.8 Å². The van der Waals surface area contributed by atoms with Crippen LogP contribution in [0.4, 0.5) is 0 Å². The predicted molar refractivity (Wildman–Crippen MR) is 58.9 cm³/mol. The fourth-order valence-corrected chi connectivity index (χ4v) is 1.49. The van der Waals surface area contributed by atoms with E-state index in [1.807, 2.05) is 18.3 Å². The van der Waals surface area contributed by atoms with Gasteiger partial charge >= 0.3 is 0 Å². The first-order valence-electron chi connectivity index (χ1n) is 4.06. The van der Waals surface area contributed by atoms with Crippen LogP contribution in [-0.2, 0) is 0 Å². The minimum Gasteiger partial charge on any atom is -0.278 e. The fourth-order valence-electron chi connectivity index (χ4n) is 1.31. The van der Waals surface area contributed by atoms with Gasteiger partial charge in [0.15, 0.2) is 0 Å². The fraction of sp³-hybridized carbons (Fsp3) is 0.100. The van der Waals surface area contributed by atoms with Crippen molar-refractivity contribution < 1.29 is 0 Å². The Balaban J connectivity index is 2.54. The molecule has 0 fully saturated rings. The summed E-state index contributed by atoms with van der Waals surface area (Å²) in [6.45, 7) is 0. The van der Waals surface area contributed by atoms with Gasteiger partial charge in [-0.05, 0) is 11.6 Å². The highest BCUT2D eigenvalue weighted by molar-refractivity contribution is 9.09. The molecule has 0 saturated carbocycles. The van der Waals surface area contributed by atoms with Crippen LogP contribution in [0, 0.1) is 0 Å². The maximum absolute atomic E-state index is 4.00. The summed E-state index contributed by atoms with van der Waals surface area (Å²) in [7, 11) is 0. The second-order valence-electron chi connectivity index (χ2n) is 2.74. The van der Waals surface area contributed by atoms with Gasteiger partial charge in [-0.25, -0.2) is 0 Å². The SMILES string of the molecule is BrCC=Cc1cccc2[nH]ncc12. The van der Waals surface area contributed by atoms with Gasteiger partial charge in [-0.1, -0.05) is 40.2 Å². The number of nitrogens with zero attached hydrogens (tertiary/aromatic N) is 1. The smallest absolute Gasteiger partial charge is 0.0656 e. The van der Waals surface area contributed by atoms with Crippen molar-refractivity contribution in [1.29, 1.82) is 0 Å². The molecule has 2 nitrogen and oxygen atoms in total. The topological polar surface area (TPSA) is 28.7 Å². The number of benzene rings is 1. The van der Waals surface area contributed by atoms with Crippen LogP contribution in [0.5, 0.6) is 0 Å². The van der Waals surface area contributed by atoms with Crippen LogP contribution in [0.1, 0.15) is 5.56 Å². The van der Waals surface area contributed by atoms with Gasteiger partial charge in [-0.15, -0.1) is 0 Å². The minimum absolute atomic E-state index is 0.876. The zero-order valence-electron chi connectivity index (χ0n) is 7.00. The average molecular weight is 237 g/mol. The summed E-state index contributed by atoms with van der Waals surface area (Å²) in [4.78, 5) is 0. The first-order chi connectivity index (χ1) is 6.42. The maximum Gasteiger partial charge on any atom is 0.0656 e. The molecule has 1 aromatic heterocycles. The molecule has 0 aliphatic rings. The van der Waals surface area contributed by atoms with E-state index >= 15 is 0 Å². The molecule has 0 spiro atoms. The molecule has 1 aromatic carbocycles. The van der Waals surface area contributed by atoms with Crippen molar-refractivity contribution in [2.45, 2.75) is 0 Å². The summed E-state index contributed by atoms with van der Waals surface area (Å²) in [5.74, 6) is 0. The molecule has 2 rings (SSSR count). The molecule has 0 saturated heterocycles. The van der Waals surface area contributed by atoms with E-state index in [4.69, 9.17) is 0 Å². The van der Waals surface area contributed by atoms with Crippen LogP contribution in [0.15, 0.2) is 30.5 Å². The van der Waals surface area contributed by atoms with Gasteiger partial charge in [-0.2, -0.15) is 5.10 Å². The predicted octanol–water partition coefficient (Wildman–Crippen LogP) is 2.97. The molecular weight excluding hydrogens is 228 g/mol. The van der Waals surface area contributed by atoms with Crippen molar-refractivity contribution >= 4 is 32.9 Å². The van der Waals surface area contributed by atoms with E-state index in [2.05, 4.69) is 44.3 Å². The van der Waals surface area contributed by atoms with Crippen LogP contribution in [0.25, 0.3) is 17.0 Å². The number of allylic oxidation sites excluding steroid dienone is 1. The molecule has 0 unspecified atom stereocenters. The van der Waals surface area contributed by atoms with Crippen LogP contribution >= 0.6 is 15.9 Å². The molecule has 1 heterocycles. The van der Waals surface area contributed by atoms with Gasteiger partial charge in [0, 0.05) is 10.7 Å². The molecule has 0 amide bonds. The summed E-state index contributed by atoms with van der Waals surface area (Å²) >= 11 is 3.35. The lowest BCUT2D eigenvalue weighted by molar-refractivity contribution is 1.12. The van der Waals surface area contributed by atoms with E-state index in [0.717, 1.165) is 10.8 Å². The third-order valence-electron chi connectivity index (χ3n) is 1.90.